The van der Waals surface area contributed by atoms with Gasteiger partial charge in [0.15, 0.2) is 11.5 Å². The molecular formula is C23H27FN2O5S. The van der Waals surface area contributed by atoms with Crippen molar-refractivity contribution in [3.63, 3.8) is 0 Å². The van der Waals surface area contributed by atoms with Crippen LogP contribution in [0, 0.1) is 17.7 Å². The van der Waals surface area contributed by atoms with Gasteiger partial charge in [-0.05, 0) is 67.5 Å². The second kappa shape index (κ2) is 8.97. The maximum Gasteiger partial charge on any atom is 0.264 e. The van der Waals surface area contributed by atoms with E-state index >= 15 is 0 Å². The molecule has 7 nitrogen and oxygen atoms in total. The normalized spacial score (nSPS) is 21.9. The van der Waals surface area contributed by atoms with Crippen LogP contribution in [0.4, 0.5) is 10.1 Å². The zero-order valence-corrected chi connectivity index (χ0v) is 18.9. The smallest absolute Gasteiger partial charge is 0.264 e. The largest absolute Gasteiger partial charge is 0.493 e. The summed E-state index contributed by atoms with van der Waals surface area (Å²) in [5.41, 5.74) is 0.198. The SMILES string of the molecule is COc1ccc(S(=O)(=O)N(CC(=O)N[C@@H]2C[C@@H]3CC[C@@H]2C3)c2ccc(F)cc2)cc1OC. The van der Waals surface area contributed by atoms with Crippen molar-refractivity contribution in [2.24, 2.45) is 11.8 Å². The molecule has 1 amide bonds. The van der Waals surface area contributed by atoms with Crippen LogP contribution in [0.2, 0.25) is 0 Å². The number of carbonyl (C=O) groups excluding carboxylic acids is 1. The molecule has 4 rings (SSSR count). The second-order valence-corrected chi connectivity index (χ2v) is 10.2. The summed E-state index contributed by atoms with van der Waals surface area (Å²) >= 11 is 0. The van der Waals surface area contributed by atoms with Crippen LogP contribution in [0.1, 0.15) is 25.7 Å². The van der Waals surface area contributed by atoms with Gasteiger partial charge in [-0.3, -0.25) is 9.10 Å². The van der Waals surface area contributed by atoms with E-state index < -0.39 is 22.4 Å². The lowest BCUT2D eigenvalue weighted by atomic mass is 9.95. The average molecular weight is 463 g/mol. The van der Waals surface area contributed by atoms with Gasteiger partial charge < -0.3 is 14.8 Å². The van der Waals surface area contributed by atoms with E-state index in [1.54, 1.807) is 0 Å². The minimum atomic E-state index is -4.15. The summed E-state index contributed by atoms with van der Waals surface area (Å²) in [7, 11) is -1.28. The van der Waals surface area contributed by atoms with Crippen molar-refractivity contribution in [3.8, 4) is 11.5 Å². The summed E-state index contributed by atoms with van der Waals surface area (Å²) in [4.78, 5) is 12.8. The van der Waals surface area contributed by atoms with Gasteiger partial charge in [-0.25, -0.2) is 12.8 Å². The standard InChI is InChI=1S/C23H27FN2O5S/c1-30-21-10-9-19(13-22(21)31-2)32(28,29)26(18-7-5-17(24)6-8-18)14-23(27)25-20-12-15-3-4-16(20)11-15/h5-10,13,15-16,20H,3-4,11-12,14H2,1-2H3,(H,25,27)/t15-,16-,20-/m1/s1. The molecular weight excluding hydrogens is 435 g/mol. The number of anilines is 1. The molecule has 2 fully saturated rings. The first-order valence-electron chi connectivity index (χ1n) is 10.6. The minimum Gasteiger partial charge on any atom is -0.493 e. The highest BCUT2D eigenvalue weighted by Gasteiger charge is 2.40. The van der Waals surface area contributed by atoms with E-state index in [-0.39, 0.29) is 28.3 Å². The number of nitrogens with one attached hydrogen (secondary N) is 1. The van der Waals surface area contributed by atoms with E-state index in [2.05, 4.69) is 5.32 Å². The maximum atomic E-state index is 13.5. The number of hydrogen-bond donors (Lipinski definition) is 1. The van der Waals surface area contributed by atoms with Crippen LogP contribution in [0.3, 0.4) is 0 Å². The third-order valence-corrected chi connectivity index (χ3v) is 8.20. The molecule has 0 heterocycles. The van der Waals surface area contributed by atoms with Crippen molar-refractivity contribution < 1.29 is 27.1 Å². The number of hydrogen-bond acceptors (Lipinski definition) is 5. The summed E-state index contributed by atoms with van der Waals surface area (Å²) < 4.78 is 52.0. The third kappa shape index (κ3) is 4.39. The van der Waals surface area contributed by atoms with Gasteiger partial charge >= 0.3 is 0 Å². The summed E-state index contributed by atoms with van der Waals surface area (Å²) in [5, 5.41) is 3.02. The number of sulfonamides is 1. The predicted molar refractivity (Wildman–Crippen MR) is 118 cm³/mol. The number of ether oxygens (including phenoxy) is 2. The summed E-state index contributed by atoms with van der Waals surface area (Å²) in [6, 6.07) is 9.33. The fraction of sp³-hybridized carbons (Fsp3) is 0.435. The van der Waals surface area contributed by atoms with Gasteiger partial charge in [-0.15, -0.1) is 0 Å². The zero-order chi connectivity index (χ0) is 22.9. The quantitative estimate of drug-likeness (QED) is 0.651. The number of fused-ring (bicyclic) bond motifs is 2. The van der Waals surface area contributed by atoms with Gasteiger partial charge in [0.2, 0.25) is 5.91 Å². The molecule has 0 aromatic heterocycles. The third-order valence-electron chi connectivity index (χ3n) is 6.43. The maximum absolute atomic E-state index is 13.5. The molecule has 2 aromatic carbocycles. The highest BCUT2D eigenvalue weighted by Crippen LogP contribution is 2.44. The summed E-state index contributed by atoms with van der Waals surface area (Å²) in [5.74, 6) is 0.868. The monoisotopic (exact) mass is 462 g/mol. The van der Waals surface area contributed by atoms with Gasteiger partial charge in [0.05, 0.1) is 24.8 Å². The Bertz CT molecular complexity index is 1090. The molecule has 172 valence electrons. The van der Waals surface area contributed by atoms with Crippen molar-refractivity contribution in [2.45, 2.75) is 36.6 Å². The number of rotatable bonds is 8. The van der Waals surface area contributed by atoms with Crippen LogP contribution < -0.4 is 19.1 Å². The Morgan fingerprint density at radius 3 is 2.38 bits per heavy atom. The lowest BCUT2D eigenvalue weighted by Gasteiger charge is -2.27. The molecule has 2 aliphatic rings. The number of amides is 1. The van der Waals surface area contributed by atoms with Crippen LogP contribution >= 0.6 is 0 Å². The summed E-state index contributed by atoms with van der Waals surface area (Å²) in [6.07, 6.45) is 4.36. The van der Waals surface area contributed by atoms with Crippen molar-refractivity contribution in [1.82, 2.24) is 5.32 Å². The lowest BCUT2D eigenvalue weighted by molar-refractivity contribution is -0.120. The second-order valence-electron chi connectivity index (χ2n) is 8.35. The molecule has 0 spiro atoms. The number of halogens is 1. The zero-order valence-electron chi connectivity index (χ0n) is 18.1. The van der Waals surface area contributed by atoms with Crippen LogP contribution in [-0.4, -0.2) is 41.1 Å². The Balaban J connectivity index is 1.63. The summed E-state index contributed by atoms with van der Waals surface area (Å²) in [6.45, 7) is -0.407. The fourth-order valence-electron chi connectivity index (χ4n) is 4.83. The van der Waals surface area contributed by atoms with Crippen LogP contribution in [-0.2, 0) is 14.8 Å². The van der Waals surface area contributed by atoms with Gasteiger partial charge in [-0.1, -0.05) is 6.42 Å². The van der Waals surface area contributed by atoms with Crippen molar-refractivity contribution in [3.05, 3.63) is 48.3 Å². The minimum absolute atomic E-state index is 0.0628. The molecule has 2 aromatic rings. The van der Waals surface area contributed by atoms with E-state index in [1.165, 1.54) is 63.1 Å². The van der Waals surface area contributed by atoms with E-state index in [1.807, 2.05) is 0 Å². The van der Waals surface area contributed by atoms with E-state index in [0.717, 1.165) is 23.6 Å². The van der Waals surface area contributed by atoms with Crippen LogP contribution in [0.25, 0.3) is 0 Å². The van der Waals surface area contributed by atoms with Crippen LogP contribution in [0.15, 0.2) is 47.4 Å². The first-order chi connectivity index (χ1) is 15.3. The van der Waals surface area contributed by atoms with Gasteiger partial charge in [0, 0.05) is 12.1 Å². The Morgan fingerprint density at radius 2 is 1.78 bits per heavy atom. The molecule has 3 atom stereocenters. The van der Waals surface area contributed by atoms with E-state index in [0.29, 0.717) is 17.6 Å². The van der Waals surface area contributed by atoms with Gasteiger partial charge in [0.25, 0.3) is 10.0 Å². The Kier molecular flexibility index (Phi) is 6.28. The molecule has 9 heteroatoms. The Labute approximate surface area is 187 Å². The molecule has 0 unspecified atom stereocenters. The highest BCUT2D eigenvalue weighted by atomic mass is 32.2. The van der Waals surface area contributed by atoms with Crippen molar-refractivity contribution in [2.75, 3.05) is 25.1 Å². The molecule has 0 radical (unpaired) electrons. The fourth-order valence-corrected chi connectivity index (χ4v) is 6.27. The number of nitrogens with zero attached hydrogens (tertiary/aromatic N) is 1. The molecule has 1 N–H and O–H groups in total. The van der Waals surface area contributed by atoms with Gasteiger partial charge in [0.1, 0.15) is 12.4 Å². The van der Waals surface area contributed by atoms with Crippen molar-refractivity contribution >= 4 is 21.6 Å². The lowest BCUT2D eigenvalue weighted by Crippen LogP contribution is -2.46. The highest BCUT2D eigenvalue weighted by molar-refractivity contribution is 7.92. The van der Waals surface area contributed by atoms with Crippen molar-refractivity contribution in [1.29, 1.82) is 0 Å². The molecule has 2 saturated carbocycles. The number of methoxy groups -OCH3 is 2. The Morgan fingerprint density at radius 1 is 1.06 bits per heavy atom. The number of benzene rings is 2. The van der Waals surface area contributed by atoms with Gasteiger partial charge in [-0.2, -0.15) is 0 Å². The molecule has 0 aliphatic heterocycles. The average Bonchev–Trinajstić information content (AvgIpc) is 3.41. The number of carbonyl (C=O) groups is 1. The van der Waals surface area contributed by atoms with E-state index in [9.17, 15) is 17.6 Å². The first-order valence-corrected chi connectivity index (χ1v) is 12.1. The predicted octanol–water partition coefficient (Wildman–Crippen LogP) is 3.34. The first kappa shape index (κ1) is 22.4. The molecule has 32 heavy (non-hydrogen) atoms. The Hall–Kier alpha value is -2.81. The topological polar surface area (TPSA) is 84.9 Å². The molecule has 0 saturated heterocycles. The van der Waals surface area contributed by atoms with Crippen LogP contribution in [0.5, 0.6) is 11.5 Å². The van der Waals surface area contributed by atoms with E-state index in [4.69, 9.17) is 9.47 Å². The molecule has 2 bridgehead atoms. The molecule has 2 aliphatic carbocycles.